The number of rotatable bonds is 8. The fourth-order valence-electron chi connectivity index (χ4n) is 2.20. The van der Waals surface area contributed by atoms with Crippen molar-refractivity contribution in [1.29, 1.82) is 0 Å². The Morgan fingerprint density at radius 3 is 2.62 bits per heavy atom. The van der Waals surface area contributed by atoms with Crippen LogP contribution in [0.2, 0.25) is 0 Å². The van der Waals surface area contributed by atoms with E-state index in [1.165, 1.54) is 0 Å². The maximum absolute atomic E-state index is 11.7. The van der Waals surface area contributed by atoms with Gasteiger partial charge >= 0.3 is 0 Å². The van der Waals surface area contributed by atoms with Gasteiger partial charge in [0, 0.05) is 24.4 Å². The molecule has 1 aromatic heterocycles. The Bertz CT molecular complexity index is 665. The van der Waals surface area contributed by atoms with E-state index in [4.69, 9.17) is 4.42 Å². The molecule has 0 aliphatic rings. The van der Waals surface area contributed by atoms with Gasteiger partial charge in [-0.1, -0.05) is 30.3 Å². The zero-order chi connectivity index (χ0) is 17.4. The van der Waals surface area contributed by atoms with E-state index < -0.39 is 0 Å². The van der Waals surface area contributed by atoms with Crippen molar-refractivity contribution in [1.82, 2.24) is 15.6 Å². The molecule has 6 heteroatoms. The van der Waals surface area contributed by atoms with Crippen molar-refractivity contribution in [2.24, 2.45) is 0 Å². The number of carbonyl (C=O) groups is 2. The predicted molar refractivity (Wildman–Crippen MR) is 91.2 cm³/mol. The van der Waals surface area contributed by atoms with Crippen molar-refractivity contribution < 1.29 is 14.0 Å². The molecule has 0 saturated carbocycles. The van der Waals surface area contributed by atoms with Gasteiger partial charge in [0.25, 0.3) is 0 Å². The summed E-state index contributed by atoms with van der Waals surface area (Å²) in [6.45, 7) is 3.76. The van der Waals surface area contributed by atoms with Crippen LogP contribution >= 0.6 is 0 Å². The highest BCUT2D eigenvalue weighted by molar-refractivity contribution is 5.84. The molecule has 2 amide bonds. The van der Waals surface area contributed by atoms with Gasteiger partial charge in [0.1, 0.15) is 0 Å². The Hall–Kier alpha value is -2.63. The molecule has 0 radical (unpaired) electrons. The first-order chi connectivity index (χ1) is 11.5. The number of carbonyl (C=O) groups excluding carboxylic acids is 2. The second-order valence-corrected chi connectivity index (χ2v) is 5.84. The first-order valence-electron chi connectivity index (χ1n) is 8.11. The summed E-state index contributed by atoms with van der Waals surface area (Å²) in [5.41, 5.74) is 0.977. The monoisotopic (exact) mass is 329 g/mol. The molecule has 24 heavy (non-hydrogen) atoms. The number of amides is 2. The third-order valence-electron chi connectivity index (χ3n) is 3.30. The lowest BCUT2D eigenvalue weighted by Crippen LogP contribution is -2.39. The van der Waals surface area contributed by atoms with E-state index in [1.54, 1.807) is 6.20 Å². The molecule has 1 aromatic carbocycles. The van der Waals surface area contributed by atoms with E-state index in [2.05, 4.69) is 15.6 Å². The molecule has 0 aliphatic heterocycles. The van der Waals surface area contributed by atoms with Crippen LogP contribution < -0.4 is 10.6 Å². The average molecular weight is 329 g/mol. The summed E-state index contributed by atoms with van der Waals surface area (Å²) in [5, 5.41) is 5.32. The Kier molecular flexibility index (Phi) is 6.54. The van der Waals surface area contributed by atoms with Crippen LogP contribution in [0.5, 0.6) is 0 Å². The normalized spacial score (nSPS) is 10.6. The smallest absolute Gasteiger partial charge is 0.239 e. The summed E-state index contributed by atoms with van der Waals surface area (Å²) < 4.78 is 5.69. The summed E-state index contributed by atoms with van der Waals surface area (Å²) in [6, 6.07) is 9.81. The molecule has 2 rings (SSSR count). The van der Waals surface area contributed by atoms with Gasteiger partial charge < -0.3 is 15.1 Å². The second kappa shape index (κ2) is 8.86. The number of benzene rings is 1. The van der Waals surface area contributed by atoms with E-state index in [9.17, 15) is 9.59 Å². The lowest BCUT2D eigenvalue weighted by atomic mass is 10.2. The van der Waals surface area contributed by atoms with Crippen molar-refractivity contribution in [3.8, 4) is 11.3 Å². The van der Waals surface area contributed by atoms with E-state index in [1.807, 2.05) is 44.2 Å². The summed E-state index contributed by atoms with van der Waals surface area (Å²) in [4.78, 5) is 27.4. The topological polar surface area (TPSA) is 84.2 Å². The minimum atomic E-state index is -0.182. The van der Waals surface area contributed by atoms with Crippen molar-refractivity contribution in [3.63, 3.8) is 0 Å². The van der Waals surface area contributed by atoms with E-state index in [-0.39, 0.29) is 24.4 Å². The van der Waals surface area contributed by atoms with Crippen LogP contribution in [0.25, 0.3) is 11.3 Å². The van der Waals surface area contributed by atoms with E-state index >= 15 is 0 Å². The van der Waals surface area contributed by atoms with Crippen molar-refractivity contribution in [2.75, 3.05) is 6.54 Å². The lowest BCUT2D eigenvalue weighted by Gasteiger charge is -2.09. The molecule has 0 aliphatic carbocycles. The molecule has 2 N–H and O–H groups in total. The Labute approximate surface area is 141 Å². The molecule has 0 atom stereocenters. The predicted octanol–water partition coefficient (Wildman–Crippen LogP) is 2.31. The lowest BCUT2D eigenvalue weighted by molar-refractivity contribution is -0.126. The van der Waals surface area contributed by atoms with E-state index in [0.29, 0.717) is 25.2 Å². The number of nitrogens with zero attached hydrogens (tertiary/aromatic N) is 1. The van der Waals surface area contributed by atoms with Gasteiger partial charge in [-0.05, 0) is 20.3 Å². The van der Waals surface area contributed by atoms with Gasteiger partial charge in [-0.3, -0.25) is 9.59 Å². The number of nitrogens with one attached hydrogen (secondary N) is 2. The van der Waals surface area contributed by atoms with Crippen LogP contribution in [0.3, 0.4) is 0 Å². The number of hydrogen-bond acceptors (Lipinski definition) is 4. The Morgan fingerprint density at radius 1 is 1.17 bits per heavy atom. The Balaban J connectivity index is 1.70. The van der Waals surface area contributed by atoms with Gasteiger partial charge in [-0.2, -0.15) is 0 Å². The molecular weight excluding hydrogens is 306 g/mol. The quantitative estimate of drug-likeness (QED) is 0.778. The SMILES string of the molecule is CC(C)NC(=O)CNC(=O)CCCc1ncc(-c2ccccc2)o1. The van der Waals surface area contributed by atoms with Gasteiger partial charge in [0.2, 0.25) is 11.8 Å². The summed E-state index contributed by atoms with van der Waals surface area (Å²) in [6.07, 6.45) is 3.23. The molecule has 1 heterocycles. The van der Waals surface area contributed by atoms with Crippen LogP contribution in [-0.4, -0.2) is 29.4 Å². The van der Waals surface area contributed by atoms with Crippen molar-refractivity contribution in [3.05, 3.63) is 42.4 Å². The molecule has 0 unspecified atom stereocenters. The first kappa shape index (κ1) is 17.7. The number of hydrogen-bond donors (Lipinski definition) is 2. The Morgan fingerprint density at radius 2 is 1.92 bits per heavy atom. The number of aromatic nitrogens is 1. The zero-order valence-electron chi connectivity index (χ0n) is 14.0. The number of aryl methyl sites for hydroxylation is 1. The van der Waals surface area contributed by atoms with Crippen molar-refractivity contribution in [2.45, 2.75) is 39.2 Å². The van der Waals surface area contributed by atoms with Gasteiger partial charge in [-0.15, -0.1) is 0 Å². The fourth-order valence-corrected chi connectivity index (χ4v) is 2.20. The second-order valence-electron chi connectivity index (χ2n) is 5.84. The molecule has 0 bridgehead atoms. The standard InChI is InChI=1S/C18H23N3O3/c1-13(2)21-17(23)12-19-16(22)9-6-10-18-20-11-15(24-18)14-7-4-3-5-8-14/h3-5,7-8,11,13H,6,9-10,12H2,1-2H3,(H,19,22)(H,21,23). The van der Waals surface area contributed by atoms with Crippen LogP contribution in [0.1, 0.15) is 32.6 Å². The largest absolute Gasteiger partial charge is 0.441 e. The molecular formula is C18H23N3O3. The summed E-state index contributed by atoms with van der Waals surface area (Å²) in [7, 11) is 0. The highest BCUT2D eigenvalue weighted by Crippen LogP contribution is 2.20. The van der Waals surface area contributed by atoms with Gasteiger partial charge in [0.05, 0.1) is 12.7 Å². The first-order valence-corrected chi connectivity index (χ1v) is 8.11. The molecule has 0 saturated heterocycles. The maximum Gasteiger partial charge on any atom is 0.239 e. The van der Waals surface area contributed by atoms with Crippen LogP contribution in [0, 0.1) is 0 Å². The van der Waals surface area contributed by atoms with Gasteiger partial charge in [-0.25, -0.2) is 4.98 Å². The molecule has 0 fully saturated rings. The minimum absolute atomic E-state index is 0.00811. The minimum Gasteiger partial charge on any atom is -0.441 e. The van der Waals surface area contributed by atoms with E-state index in [0.717, 1.165) is 11.3 Å². The average Bonchev–Trinajstić information content (AvgIpc) is 3.02. The molecule has 2 aromatic rings. The summed E-state index contributed by atoms with van der Waals surface area (Å²) >= 11 is 0. The molecule has 0 spiro atoms. The van der Waals surface area contributed by atoms with Crippen LogP contribution in [-0.2, 0) is 16.0 Å². The third kappa shape index (κ3) is 5.87. The number of oxazole rings is 1. The third-order valence-corrected chi connectivity index (χ3v) is 3.30. The van der Waals surface area contributed by atoms with Crippen LogP contribution in [0.15, 0.2) is 40.9 Å². The maximum atomic E-state index is 11.7. The molecule has 128 valence electrons. The highest BCUT2D eigenvalue weighted by atomic mass is 16.4. The summed E-state index contributed by atoms with van der Waals surface area (Å²) in [5.74, 6) is 1.00. The van der Waals surface area contributed by atoms with Crippen molar-refractivity contribution >= 4 is 11.8 Å². The fraction of sp³-hybridized carbons (Fsp3) is 0.389. The molecule has 6 nitrogen and oxygen atoms in total. The van der Waals surface area contributed by atoms with Gasteiger partial charge in [0.15, 0.2) is 11.7 Å². The highest BCUT2D eigenvalue weighted by Gasteiger charge is 2.09. The zero-order valence-corrected chi connectivity index (χ0v) is 14.0. The van der Waals surface area contributed by atoms with Crippen LogP contribution in [0.4, 0.5) is 0 Å².